The summed E-state index contributed by atoms with van der Waals surface area (Å²) in [6.45, 7) is 5.98. The third-order valence-corrected chi connectivity index (χ3v) is 2.92. The normalized spacial score (nSPS) is 11.9. The van der Waals surface area contributed by atoms with E-state index in [9.17, 15) is 0 Å². The SMILES string of the molecule is C=C[n+]1cc[nH]c1CCC(N)CCCCC.[Cl-]. The number of nitrogens with one attached hydrogen (secondary N) is 1. The molecule has 17 heavy (non-hydrogen) atoms. The first-order chi connectivity index (χ1) is 7.77. The van der Waals surface area contributed by atoms with Crippen molar-refractivity contribution in [3.8, 4) is 0 Å². The van der Waals surface area contributed by atoms with Crippen LogP contribution in [0.25, 0.3) is 6.20 Å². The molecule has 0 radical (unpaired) electrons. The summed E-state index contributed by atoms with van der Waals surface area (Å²) in [6, 6.07) is 0.327. The standard InChI is InChI=1S/C13H23N3.ClH/c1-3-5-6-7-12(14)8-9-13-15-10-11-16(13)4-2;/h4,10-12H,2-3,5-9,14H2,1H3;1H. The van der Waals surface area contributed by atoms with Crippen LogP contribution in [0.15, 0.2) is 19.0 Å². The molecule has 0 spiro atoms. The molecule has 3 nitrogen and oxygen atoms in total. The van der Waals surface area contributed by atoms with Crippen molar-refractivity contribution in [3.05, 3.63) is 24.8 Å². The van der Waals surface area contributed by atoms with Crippen LogP contribution in [0.4, 0.5) is 0 Å². The van der Waals surface area contributed by atoms with E-state index in [2.05, 4.69) is 18.5 Å². The number of hydrogen-bond acceptors (Lipinski definition) is 1. The van der Waals surface area contributed by atoms with Crippen molar-refractivity contribution < 1.29 is 17.0 Å². The van der Waals surface area contributed by atoms with Crippen molar-refractivity contribution in [2.75, 3.05) is 0 Å². The molecule has 0 aromatic carbocycles. The zero-order valence-corrected chi connectivity index (χ0v) is 11.4. The summed E-state index contributed by atoms with van der Waals surface area (Å²) in [5, 5.41) is 0. The van der Waals surface area contributed by atoms with Gasteiger partial charge in [0.15, 0.2) is 0 Å². The first-order valence-corrected chi connectivity index (χ1v) is 6.23. The molecular weight excluding hydrogens is 234 g/mol. The van der Waals surface area contributed by atoms with Gasteiger partial charge in [0.25, 0.3) is 5.82 Å². The second-order valence-corrected chi connectivity index (χ2v) is 4.29. The van der Waals surface area contributed by atoms with E-state index in [1.165, 1.54) is 25.1 Å². The highest BCUT2D eigenvalue weighted by Crippen LogP contribution is 2.06. The minimum absolute atomic E-state index is 0. The quantitative estimate of drug-likeness (QED) is 0.467. The molecule has 98 valence electrons. The zero-order valence-electron chi connectivity index (χ0n) is 10.7. The van der Waals surface area contributed by atoms with Crippen LogP contribution in [0, 0.1) is 0 Å². The summed E-state index contributed by atoms with van der Waals surface area (Å²) in [7, 11) is 0. The van der Waals surface area contributed by atoms with Gasteiger partial charge in [-0.15, -0.1) is 0 Å². The number of rotatable bonds is 8. The minimum atomic E-state index is 0. The van der Waals surface area contributed by atoms with Crippen LogP contribution in [0.3, 0.4) is 0 Å². The topological polar surface area (TPSA) is 45.7 Å². The number of H-pyrrole nitrogens is 1. The summed E-state index contributed by atoms with van der Waals surface area (Å²) in [4.78, 5) is 3.22. The van der Waals surface area contributed by atoms with Gasteiger partial charge in [-0.05, 0) is 12.8 Å². The summed E-state index contributed by atoms with van der Waals surface area (Å²) >= 11 is 0. The van der Waals surface area contributed by atoms with E-state index in [-0.39, 0.29) is 12.4 Å². The van der Waals surface area contributed by atoms with E-state index in [0.717, 1.165) is 19.3 Å². The van der Waals surface area contributed by atoms with E-state index in [1.807, 2.05) is 23.2 Å². The lowest BCUT2D eigenvalue weighted by Gasteiger charge is -2.09. The van der Waals surface area contributed by atoms with Crippen LogP contribution in [-0.2, 0) is 6.42 Å². The predicted molar refractivity (Wildman–Crippen MR) is 67.8 cm³/mol. The summed E-state index contributed by atoms with van der Waals surface area (Å²) in [6.07, 6.45) is 12.7. The monoisotopic (exact) mass is 257 g/mol. The molecule has 0 saturated heterocycles. The number of nitrogens with two attached hydrogens (primary N) is 1. The van der Waals surface area contributed by atoms with Crippen molar-refractivity contribution in [2.45, 2.75) is 51.5 Å². The third-order valence-electron chi connectivity index (χ3n) is 2.92. The molecule has 3 N–H and O–H groups in total. The fraction of sp³-hybridized carbons (Fsp3) is 0.615. The van der Waals surface area contributed by atoms with Crippen molar-refractivity contribution in [2.24, 2.45) is 5.73 Å². The maximum atomic E-state index is 6.07. The Labute approximate surface area is 111 Å². The summed E-state index contributed by atoms with van der Waals surface area (Å²) in [5.41, 5.74) is 6.07. The van der Waals surface area contributed by atoms with Crippen LogP contribution in [0.5, 0.6) is 0 Å². The van der Waals surface area contributed by atoms with E-state index in [0.29, 0.717) is 6.04 Å². The lowest BCUT2D eigenvalue weighted by molar-refractivity contribution is -0.575. The number of hydrogen-bond donors (Lipinski definition) is 2. The molecule has 1 rings (SSSR count). The number of nitrogens with zero attached hydrogens (tertiary/aromatic N) is 1. The molecule has 1 atom stereocenters. The molecular formula is C13H24ClN3. The van der Waals surface area contributed by atoms with Crippen LogP contribution < -0.4 is 22.7 Å². The predicted octanol–water partition coefficient (Wildman–Crippen LogP) is -0.753. The number of halogens is 1. The average Bonchev–Trinajstić information content (AvgIpc) is 2.74. The Morgan fingerprint density at radius 2 is 2.24 bits per heavy atom. The summed E-state index contributed by atoms with van der Waals surface area (Å²) < 4.78 is 2.01. The molecule has 0 aliphatic rings. The number of aryl methyl sites for hydroxylation is 1. The van der Waals surface area contributed by atoms with E-state index < -0.39 is 0 Å². The van der Waals surface area contributed by atoms with Gasteiger partial charge < -0.3 is 18.1 Å². The van der Waals surface area contributed by atoms with E-state index in [4.69, 9.17) is 5.73 Å². The van der Waals surface area contributed by atoms with Crippen LogP contribution in [-0.4, -0.2) is 11.0 Å². The molecule has 1 aromatic rings. The molecule has 1 aromatic heterocycles. The number of aromatic nitrogens is 2. The van der Waals surface area contributed by atoms with Crippen molar-refractivity contribution in [3.63, 3.8) is 0 Å². The van der Waals surface area contributed by atoms with Gasteiger partial charge in [0.1, 0.15) is 12.4 Å². The van der Waals surface area contributed by atoms with Gasteiger partial charge in [-0.2, -0.15) is 0 Å². The van der Waals surface area contributed by atoms with Crippen LogP contribution in [0.2, 0.25) is 0 Å². The summed E-state index contributed by atoms with van der Waals surface area (Å²) in [5.74, 6) is 1.18. The van der Waals surface area contributed by atoms with Crippen LogP contribution in [0.1, 0.15) is 44.9 Å². The maximum Gasteiger partial charge on any atom is 0.258 e. The number of unbranched alkanes of at least 4 members (excludes halogenated alkanes) is 2. The second-order valence-electron chi connectivity index (χ2n) is 4.29. The van der Waals surface area contributed by atoms with Gasteiger partial charge in [-0.3, -0.25) is 0 Å². The fourth-order valence-corrected chi connectivity index (χ4v) is 1.87. The first kappa shape index (κ1) is 16.2. The van der Waals surface area contributed by atoms with Crippen LogP contribution >= 0.6 is 0 Å². The molecule has 1 unspecified atom stereocenters. The van der Waals surface area contributed by atoms with Crippen molar-refractivity contribution >= 4 is 6.20 Å². The molecule has 0 aliphatic carbocycles. The average molecular weight is 258 g/mol. The second kappa shape index (κ2) is 9.25. The maximum absolute atomic E-state index is 6.07. The largest absolute Gasteiger partial charge is 1.00 e. The van der Waals surface area contributed by atoms with Gasteiger partial charge in [-0.1, -0.05) is 32.8 Å². The van der Waals surface area contributed by atoms with Gasteiger partial charge in [0.05, 0.1) is 12.6 Å². The Morgan fingerprint density at radius 3 is 2.88 bits per heavy atom. The molecule has 0 amide bonds. The highest BCUT2D eigenvalue weighted by Gasteiger charge is 2.10. The van der Waals surface area contributed by atoms with E-state index >= 15 is 0 Å². The Hall–Kier alpha value is -0.800. The Balaban J connectivity index is 0.00000256. The molecule has 0 fully saturated rings. The minimum Gasteiger partial charge on any atom is -1.00 e. The molecule has 0 aliphatic heterocycles. The lowest BCUT2D eigenvalue weighted by atomic mass is 10.0. The lowest BCUT2D eigenvalue weighted by Crippen LogP contribution is -3.00. The molecule has 0 bridgehead atoms. The molecule has 1 heterocycles. The zero-order chi connectivity index (χ0) is 11.8. The Morgan fingerprint density at radius 1 is 1.47 bits per heavy atom. The molecule has 0 saturated carbocycles. The Kier molecular flexibility index (Phi) is 8.82. The Bertz CT molecular complexity index is 309. The van der Waals surface area contributed by atoms with E-state index in [1.54, 1.807) is 0 Å². The fourth-order valence-electron chi connectivity index (χ4n) is 1.87. The van der Waals surface area contributed by atoms with Gasteiger partial charge >= 0.3 is 0 Å². The highest BCUT2D eigenvalue weighted by atomic mass is 35.5. The van der Waals surface area contributed by atoms with Crippen molar-refractivity contribution in [1.29, 1.82) is 0 Å². The van der Waals surface area contributed by atoms with Gasteiger partial charge in [0.2, 0.25) is 0 Å². The first-order valence-electron chi connectivity index (χ1n) is 6.23. The third kappa shape index (κ3) is 5.89. The smallest absolute Gasteiger partial charge is 0.258 e. The van der Waals surface area contributed by atoms with Crippen molar-refractivity contribution in [1.82, 2.24) is 4.98 Å². The molecule has 4 heteroatoms. The number of imidazole rings is 1. The highest BCUT2D eigenvalue weighted by molar-refractivity contribution is 4.98. The number of aromatic amines is 1. The van der Waals surface area contributed by atoms with Gasteiger partial charge in [-0.25, -0.2) is 9.55 Å². The van der Waals surface area contributed by atoms with Gasteiger partial charge in [0, 0.05) is 6.04 Å².